The Kier molecular flexibility index (Phi) is 3.23. The summed E-state index contributed by atoms with van der Waals surface area (Å²) in [6.45, 7) is 5.84. The second-order valence-electron chi connectivity index (χ2n) is 3.54. The Balaban J connectivity index is 2.36. The van der Waals surface area contributed by atoms with Gasteiger partial charge in [-0.25, -0.2) is 0 Å². The third kappa shape index (κ3) is 2.20. The molecule has 4 heteroatoms. The van der Waals surface area contributed by atoms with Gasteiger partial charge in [0.1, 0.15) is 5.69 Å². The molecule has 2 rings (SSSR count). The molecule has 0 saturated heterocycles. The van der Waals surface area contributed by atoms with Gasteiger partial charge < -0.3 is 9.26 Å². The van der Waals surface area contributed by atoms with Crippen molar-refractivity contribution in [3.63, 3.8) is 0 Å². The largest absolute Gasteiger partial charge is 0.466 e. The number of fused-ring (bicyclic) bond motifs is 1. The van der Waals surface area contributed by atoms with E-state index < -0.39 is 0 Å². The van der Waals surface area contributed by atoms with E-state index in [-0.39, 0.29) is 12.4 Å². The van der Waals surface area contributed by atoms with Crippen LogP contribution < -0.4 is 0 Å². The number of rotatable bonds is 4. The number of nitrogens with zero attached hydrogens (tertiary/aromatic N) is 1. The van der Waals surface area contributed by atoms with E-state index in [0.717, 1.165) is 10.9 Å². The molecule has 0 aliphatic heterocycles. The minimum atomic E-state index is -0.299. The molecule has 88 valence electrons. The molecule has 0 fully saturated rings. The lowest BCUT2D eigenvalue weighted by Gasteiger charge is -1.98. The number of carbonyl (C=O) groups excluding carboxylic acids is 1. The quantitative estimate of drug-likeness (QED) is 0.759. The zero-order valence-corrected chi connectivity index (χ0v) is 9.60. The van der Waals surface area contributed by atoms with Crippen molar-refractivity contribution in [1.82, 2.24) is 5.16 Å². The lowest BCUT2D eigenvalue weighted by molar-refractivity contribution is -0.142. The van der Waals surface area contributed by atoms with Gasteiger partial charge in [-0.1, -0.05) is 29.9 Å². The fourth-order valence-electron chi connectivity index (χ4n) is 1.67. The van der Waals surface area contributed by atoms with Crippen LogP contribution in [0.3, 0.4) is 0 Å². The van der Waals surface area contributed by atoms with Crippen LogP contribution in [0.2, 0.25) is 0 Å². The third-order valence-corrected chi connectivity index (χ3v) is 2.44. The molecule has 0 aliphatic carbocycles. The Bertz CT molecular complexity index is 557. The van der Waals surface area contributed by atoms with Crippen LogP contribution in [0.15, 0.2) is 29.3 Å². The Labute approximate surface area is 98.9 Å². The van der Waals surface area contributed by atoms with Gasteiger partial charge in [0.25, 0.3) is 0 Å². The van der Waals surface area contributed by atoms with Crippen LogP contribution in [0, 0.1) is 0 Å². The summed E-state index contributed by atoms with van der Waals surface area (Å²) in [7, 11) is 0. The van der Waals surface area contributed by atoms with Gasteiger partial charge in [-0.15, -0.1) is 0 Å². The average molecular weight is 231 g/mol. The van der Waals surface area contributed by atoms with E-state index in [1.165, 1.54) is 0 Å². The zero-order valence-electron chi connectivity index (χ0n) is 9.60. The van der Waals surface area contributed by atoms with Gasteiger partial charge in [0.05, 0.1) is 13.0 Å². The normalized spacial score (nSPS) is 10.4. The van der Waals surface area contributed by atoms with E-state index >= 15 is 0 Å². The average Bonchev–Trinajstić information content (AvgIpc) is 2.73. The molecule has 17 heavy (non-hydrogen) atoms. The molecule has 0 unspecified atom stereocenters. The standard InChI is InChI=1S/C13H13NO3/c1-3-9-6-5-7-10-11(14-17-13(9)10)8-12(15)16-4-2/h3,5-7H,1,4,8H2,2H3. The third-order valence-electron chi connectivity index (χ3n) is 2.44. The first-order valence-corrected chi connectivity index (χ1v) is 5.41. The van der Waals surface area contributed by atoms with Crippen molar-refractivity contribution in [3.05, 3.63) is 36.0 Å². The fraction of sp³-hybridized carbons (Fsp3) is 0.231. The van der Waals surface area contributed by atoms with Gasteiger partial charge in [-0.2, -0.15) is 0 Å². The van der Waals surface area contributed by atoms with E-state index in [0.29, 0.717) is 17.9 Å². The van der Waals surface area contributed by atoms with Crippen molar-refractivity contribution in [3.8, 4) is 0 Å². The lowest BCUT2D eigenvalue weighted by Crippen LogP contribution is -2.07. The SMILES string of the molecule is C=Cc1cccc2c(CC(=O)OCC)noc12. The van der Waals surface area contributed by atoms with Gasteiger partial charge in [0.15, 0.2) is 5.58 Å². The summed E-state index contributed by atoms with van der Waals surface area (Å²) in [5.74, 6) is -0.299. The molecule has 1 aromatic heterocycles. The van der Waals surface area contributed by atoms with Gasteiger partial charge in [-0.05, 0) is 13.0 Å². The number of hydrogen-bond donors (Lipinski definition) is 0. The highest BCUT2D eigenvalue weighted by molar-refractivity contribution is 5.89. The molecule has 4 nitrogen and oxygen atoms in total. The molecule has 0 saturated carbocycles. The van der Waals surface area contributed by atoms with E-state index in [9.17, 15) is 4.79 Å². The molecule has 2 aromatic rings. The van der Waals surface area contributed by atoms with Crippen molar-refractivity contribution < 1.29 is 14.1 Å². The predicted molar refractivity (Wildman–Crippen MR) is 64.4 cm³/mol. The maximum atomic E-state index is 11.4. The van der Waals surface area contributed by atoms with Gasteiger partial charge in [-0.3, -0.25) is 4.79 Å². The summed E-state index contributed by atoms with van der Waals surface area (Å²) in [6.07, 6.45) is 1.82. The van der Waals surface area contributed by atoms with Crippen molar-refractivity contribution in [1.29, 1.82) is 0 Å². The van der Waals surface area contributed by atoms with Gasteiger partial charge >= 0.3 is 5.97 Å². The van der Waals surface area contributed by atoms with Crippen molar-refractivity contribution >= 4 is 23.0 Å². The molecule has 0 atom stereocenters. The van der Waals surface area contributed by atoms with Crippen LogP contribution in [0.25, 0.3) is 17.0 Å². The van der Waals surface area contributed by atoms with Crippen LogP contribution in [-0.4, -0.2) is 17.7 Å². The van der Waals surface area contributed by atoms with Gasteiger partial charge in [0, 0.05) is 10.9 Å². The summed E-state index contributed by atoms with van der Waals surface area (Å²) >= 11 is 0. The van der Waals surface area contributed by atoms with Crippen LogP contribution in [0.4, 0.5) is 0 Å². The van der Waals surface area contributed by atoms with Crippen LogP contribution in [-0.2, 0) is 16.0 Å². The van der Waals surface area contributed by atoms with Crippen LogP contribution in [0.1, 0.15) is 18.2 Å². The van der Waals surface area contributed by atoms with Gasteiger partial charge in [0.2, 0.25) is 0 Å². The highest BCUT2D eigenvalue weighted by atomic mass is 16.5. The molecule has 0 radical (unpaired) electrons. The minimum Gasteiger partial charge on any atom is -0.466 e. The Morgan fingerprint density at radius 1 is 1.59 bits per heavy atom. The Hall–Kier alpha value is -2.10. The number of aromatic nitrogens is 1. The first kappa shape index (κ1) is 11.4. The van der Waals surface area contributed by atoms with Crippen molar-refractivity contribution in [2.75, 3.05) is 6.61 Å². The van der Waals surface area contributed by atoms with Crippen molar-refractivity contribution in [2.24, 2.45) is 0 Å². The first-order valence-electron chi connectivity index (χ1n) is 5.41. The summed E-state index contributed by atoms with van der Waals surface area (Å²) in [6, 6.07) is 5.63. The highest BCUT2D eigenvalue weighted by Crippen LogP contribution is 2.23. The first-order chi connectivity index (χ1) is 8.26. The summed E-state index contributed by atoms with van der Waals surface area (Å²) in [4.78, 5) is 11.4. The van der Waals surface area contributed by atoms with E-state index in [1.807, 2.05) is 18.2 Å². The van der Waals surface area contributed by atoms with Crippen LogP contribution in [0.5, 0.6) is 0 Å². The zero-order chi connectivity index (χ0) is 12.3. The highest BCUT2D eigenvalue weighted by Gasteiger charge is 2.14. The number of carbonyl (C=O) groups is 1. The molecule has 0 aliphatic rings. The molecule has 0 spiro atoms. The van der Waals surface area contributed by atoms with E-state index in [2.05, 4.69) is 11.7 Å². The number of esters is 1. The second-order valence-corrected chi connectivity index (χ2v) is 3.54. The van der Waals surface area contributed by atoms with E-state index in [4.69, 9.17) is 9.26 Å². The minimum absolute atomic E-state index is 0.126. The molecule has 0 N–H and O–H groups in total. The lowest BCUT2D eigenvalue weighted by atomic mass is 10.1. The molecule has 0 bridgehead atoms. The molecule has 0 amide bonds. The molecule has 1 aromatic carbocycles. The summed E-state index contributed by atoms with van der Waals surface area (Å²) in [5.41, 5.74) is 2.12. The summed E-state index contributed by atoms with van der Waals surface area (Å²) < 4.78 is 10.1. The maximum Gasteiger partial charge on any atom is 0.312 e. The molecule has 1 heterocycles. The monoisotopic (exact) mass is 231 g/mol. The predicted octanol–water partition coefficient (Wildman–Crippen LogP) is 2.58. The topological polar surface area (TPSA) is 52.3 Å². The molecular formula is C13H13NO3. The maximum absolute atomic E-state index is 11.4. The number of hydrogen-bond acceptors (Lipinski definition) is 4. The molecular weight excluding hydrogens is 218 g/mol. The Morgan fingerprint density at radius 2 is 2.41 bits per heavy atom. The number of ether oxygens (including phenoxy) is 1. The van der Waals surface area contributed by atoms with Crippen molar-refractivity contribution in [2.45, 2.75) is 13.3 Å². The number of para-hydroxylation sites is 1. The van der Waals surface area contributed by atoms with Crippen LogP contribution >= 0.6 is 0 Å². The number of benzene rings is 1. The smallest absolute Gasteiger partial charge is 0.312 e. The summed E-state index contributed by atoms with van der Waals surface area (Å²) in [5, 5.41) is 4.73. The second kappa shape index (κ2) is 4.82. The Morgan fingerprint density at radius 3 is 3.12 bits per heavy atom. The fourth-order valence-corrected chi connectivity index (χ4v) is 1.67. The van der Waals surface area contributed by atoms with E-state index in [1.54, 1.807) is 13.0 Å².